The van der Waals surface area contributed by atoms with Crippen molar-refractivity contribution < 1.29 is 27.8 Å². The molecule has 0 aliphatic carbocycles. The number of ether oxygens (including phenoxy) is 1. The van der Waals surface area contributed by atoms with Crippen LogP contribution in [0.4, 0.5) is 13.2 Å². The van der Waals surface area contributed by atoms with Gasteiger partial charge in [-0.05, 0) is 24.6 Å². The van der Waals surface area contributed by atoms with E-state index in [0.717, 1.165) is 37.8 Å². The fourth-order valence-electron chi connectivity index (χ4n) is 1.75. The molecule has 0 amide bonds. The van der Waals surface area contributed by atoms with E-state index in [1.807, 2.05) is 0 Å². The van der Waals surface area contributed by atoms with Gasteiger partial charge in [0.25, 0.3) is 0 Å². The van der Waals surface area contributed by atoms with E-state index in [1.54, 1.807) is 0 Å². The summed E-state index contributed by atoms with van der Waals surface area (Å²) < 4.78 is 43.5. The smallest absolute Gasteiger partial charge is 0.417 e. The number of halogens is 3. The number of benzene rings is 1. The first-order valence-corrected chi connectivity index (χ1v) is 6.43. The number of carboxylic acid groups (broad SMARTS) is 1. The standard InChI is InChI=1S/C14H17F3O3/c1-2-3-4-5-8-20-10-6-7-11(13(18)19)12(9-10)14(15,16)17/h6-7,9H,2-5,8H2,1H3,(H,18,19). The lowest BCUT2D eigenvalue weighted by Gasteiger charge is -2.13. The van der Waals surface area contributed by atoms with Gasteiger partial charge in [0.15, 0.2) is 0 Å². The molecule has 1 aromatic rings. The van der Waals surface area contributed by atoms with E-state index < -0.39 is 23.3 Å². The number of aromatic carboxylic acids is 1. The average Bonchev–Trinajstić information content (AvgIpc) is 2.37. The van der Waals surface area contributed by atoms with Crippen LogP contribution >= 0.6 is 0 Å². The van der Waals surface area contributed by atoms with Gasteiger partial charge < -0.3 is 9.84 Å². The van der Waals surface area contributed by atoms with Crippen molar-refractivity contribution >= 4 is 5.97 Å². The van der Waals surface area contributed by atoms with Gasteiger partial charge in [0.2, 0.25) is 0 Å². The van der Waals surface area contributed by atoms with Gasteiger partial charge in [-0.1, -0.05) is 26.2 Å². The molecule has 3 nitrogen and oxygen atoms in total. The predicted octanol–water partition coefficient (Wildman–Crippen LogP) is 4.36. The van der Waals surface area contributed by atoms with E-state index in [1.165, 1.54) is 6.07 Å². The van der Waals surface area contributed by atoms with Gasteiger partial charge in [-0.2, -0.15) is 13.2 Å². The van der Waals surface area contributed by atoms with E-state index in [0.29, 0.717) is 6.61 Å². The Morgan fingerprint density at radius 3 is 2.50 bits per heavy atom. The minimum Gasteiger partial charge on any atom is -0.494 e. The zero-order valence-electron chi connectivity index (χ0n) is 11.2. The molecule has 0 fully saturated rings. The topological polar surface area (TPSA) is 46.5 Å². The Kier molecular flexibility index (Phi) is 5.85. The van der Waals surface area contributed by atoms with Gasteiger partial charge in [-0.15, -0.1) is 0 Å². The molecule has 0 unspecified atom stereocenters. The molecule has 0 saturated heterocycles. The van der Waals surface area contributed by atoms with Crippen molar-refractivity contribution in [1.29, 1.82) is 0 Å². The summed E-state index contributed by atoms with van der Waals surface area (Å²) in [5.41, 5.74) is -1.95. The average molecular weight is 290 g/mol. The molecule has 112 valence electrons. The second-order valence-electron chi connectivity index (χ2n) is 4.42. The number of alkyl halides is 3. The zero-order valence-corrected chi connectivity index (χ0v) is 11.2. The van der Waals surface area contributed by atoms with Crippen LogP contribution in [0.25, 0.3) is 0 Å². The highest BCUT2D eigenvalue weighted by atomic mass is 19.4. The summed E-state index contributed by atoms with van der Waals surface area (Å²) in [5.74, 6) is -1.56. The Hall–Kier alpha value is -1.72. The lowest BCUT2D eigenvalue weighted by Crippen LogP contribution is -2.13. The Bertz CT molecular complexity index is 455. The second-order valence-corrected chi connectivity index (χ2v) is 4.42. The molecule has 0 bridgehead atoms. The van der Waals surface area contributed by atoms with Crippen molar-refractivity contribution in [3.63, 3.8) is 0 Å². The maximum absolute atomic E-state index is 12.8. The zero-order chi connectivity index (χ0) is 15.2. The third-order valence-corrected chi connectivity index (χ3v) is 2.79. The Morgan fingerprint density at radius 1 is 1.25 bits per heavy atom. The highest BCUT2D eigenvalue weighted by Crippen LogP contribution is 2.34. The number of hydrogen-bond acceptors (Lipinski definition) is 2. The molecule has 20 heavy (non-hydrogen) atoms. The Morgan fingerprint density at radius 2 is 1.95 bits per heavy atom. The SMILES string of the molecule is CCCCCCOc1ccc(C(=O)O)c(C(F)(F)F)c1. The van der Waals surface area contributed by atoms with E-state index in [9.17, 15) is 18.0 Å². The molecule has 0 saturated carbocycles. The van der Waals surface area contributed by atoms with Crippen LogP contribution in [0.1, 0.15) is 48.5 Å². The number of carbonyl (C=O) groups is 1. The Balaban J connectivity index is 2.77. The van der Waals surface area contributed by atoms with Crippen LogP contribution in [0, 0.1) is 0 Å². The van der Waals surface area contributed by atoms with Crippen LogP contribution in [0.3, 0.4) is 0 Å². The molecule has 0 aliphatic rings. The number of rotatable bonds is 7. The predicted molar refractivity (Wildman–Crippen MR) is 68.0 cm³/mol. The number of unbranched alkanes of at least 4 members (excludes halogenated alkanes) is 3. The van der Waals surface area contributed by atoms with Crippen molar-refractivity contribution in [3.05, 3.63) is 29.3 Å². The Labute approximate surface area is 115 Å². The van der Waals surface area contributed by atoms with Crippen LogP contribution in [-0.2, 0) is 6.18 Å². The van der Waals surface area contributed by atoms with Gasteiger partial charge >= 0.3 is 12.1 Å². The first-order valence-electron chi connectivity index (χ1n) is 6.43. The van der Waals surface area contributed by atoms with Crippen LogP contribution in [0.15, 0.2) is 18.2 Å². The summed E-state index contributed by atoms with van der Waals surface area (Å²) in [6, 6.07) is 2.91. The quantitative estimate of drug-likeness (QED) is 0.759. The fraction of sp³-hybridized carbons (Fsp3) is 0.500. The molecule has 6 heteroatoms. The van der Waals surface area contributed by atoms with Gasteiger partial charge in [0.05, 0.1) is 17.7 Å². The molecular weight excluding hydrogens is 273 g/mol. The molecule has 0 atom stereocenters. The van der Waals surface area contributed by atoms with E-state index in [4.69, 9.17) is 9.84 Å². The normalized spacial score (nSPS) is 11.4. The molecule has 0 heterocycles. The summed E-state index contributed by atoms with van der Waals surface area (Å²) in [5, 5.41) is 8.75. The van der Waals surface area contributed by atoms with Crippen LogP contribution in [0.5, 0.6) is 5.75 Å². The molecular formula is C14H17F3O3. The molecule has 0 spiro atoms. The maximum atomic E-state index is 12.8. The fourth-order valence-corrected chi connectivity index (χ4v) is 1.75. The van der Waals surface area contributed by atoms with Crippen molar-refractivity contribution in [3.8, 4) is 5.75 Å². The van der Waals surface area contributed by atoms with Crippen molar-refractivity contribution in [1.82, 2.24) is 0 Å². The van der Waals surface area contributed by atoms with Crippen LogP contribution in [0.2, 0.25) is 0 Å². The molecule has 1 N–H and O–H groups in total. The van der Waals surface area contributed by atoms with Gasteiger partial charge in [-0.25, -0.2) is 4.79 Å². The van der Waals surface area contributed by atoms with Crippen molar-refractivity contribution in [2.75, 3.05) is 6.61 Å². The van der Waals surface area contributed by atoms with Crippen molar-refractivity contribution in [2.45, 2.75) is 38.8 Å². The first kappa shape index (κ1) is 16.3. The highest BCUT2D eigenvalue weighted by Gasteiger charge is 2.35. The van der Waals surface area contributed by atoms with Gasteiger partial charge in [-0.3, -0.25) is 0 Å². The molecule has 1 aromatic carbocycles. The minimum absolute atomic E-state index is 0.0406. The molecule has 0 aliphatic heterocycles. The van der Waals surface area contributed by atoms with Crippen LogP contribution in [-0.4, -0.2) is 17.7 Å². The second kappa shape index (κ2) is 7.17. The van der Waals surface area contributed by atoms with Crippen molar-refractivity contribution in [2.24, 2.45) is 0 Å². The minimum atomic E-state index is -4.71. The third kappa shape index (κ3) is 4.75. The number of hydrogen-bond donors (Lipinski definition) is 1. The lowest BCUT2D eigenvalue weighted by molar-refractivity contribution is -0.138. The lowest BCUT2D eigenvalue weighted by atomic mass is 10.1. The van der Waals surface area contributed by atoms with E-state index in [-0.39, 0.29) is 5.75 Å². The number of carboxylic acids is 1. The molecule has 0 radical (unpaired) electrons. The summed E-state index contributed by atoms with van der Waals surface area (Å²) in [6.07, 6.45) is -0.887. The highest BCUT2D eigenvalue weighted by molar-refractivity contribution is 5.89. The van der Waals surface area contributed by atoms with Gasteiger partial charge in [0.1, 0.15) is 5.75 Å². The summed E-state index contributed by atoms with van der Waals surface area (Å²) in [6.45, 7) is 2.38. The largest absolute Gasteiger partial charge is 0.494 e. The molecule has 1 rings (SSSR count). The third-order valence-electron chi connectivity index (χ3n) is 2.79. The monoisotopic (exact) mass is 290 g/mol. The summed E-state index contributed by atoms with van der Waals surface area (Å²) in [4.78, 5) is 10.8. The summed E-state index contributed by atoms with van der Waals surface area (Å²) >= 11 is 0. The summed E-state index contributed by atoms with van der Waals surface area (Å²) in [7, 11) is 0. The van der Waals surface area contributed by atoms with Crippen LogP contribution < -0.4 is 4.74 Å². The first-order chi connectivity index (χ1) is 9.36. The van der Waals surface area contributed by atoms with E-state index >= 15 is 0 Å². The maximum Gasteiger partial charge on any atom is 0.417 e. The molecule has 0 aromatic heterocycles. The van der Waals surface area contributed by atoms with E-state index in [2.05, 4.69) is 6.92 Å². The van der Waals surface area contributed by atoms with Gasteiger partial charge in [0, 0.05) is 0 Å².